The molecule has 3 aromatic rings. The Balaban J connectivity index is 1.31. The van der Waals surface area contributed by atoms with Crippen LogP contribution in [0.25, 0.3) is 5.69 Å². The molecular formula is C32H34F4N8O2. The molecule has 2 saturated carbocycles. The third-order valence-electron chi connectivity index (χ3n) is 8.59. The molecule has 242 valence electrons. The summed E-state index contributed by atoms with van der Waals surface area (Å²) in [7, 11) is 1.62. The number of halogens is 4. The highest BCUT2D eigenvalue weighted by Crippen LogP contribution is 2.49. The number of nitrogens with one attached hydrogen (secondary N) is 2. The summed E-state index contributed by atoms with van der Waals surface area (Å²) >= 11 is 0. The lowest BCUT2D eigenvalue weighted by atomic mass is 10.1. The van der Waals surface area contributed by atoms with Gasteiger partial charge in [0.15, 0.2) is 5.84 Å². The minimum atomic E-state index is -4.58. The molecule has 14 heteroatoms. The van der Waals surface area contributed by atoms with Crippen molar-refractivity contribution in [1.82, 2.24) is 29.7 Å². The average molecular weight is 639 g/mol. The Morgan fingerprint density at radius 1 is 1.20 bits per heavy atom. The highest BCUT2D eigenvalue weighted by molar-refractivity contribution is 6.05. The molecule has 0 bridgehead atoms. The first-order valence-corrected chi connectivity index (χ1v) is 15.0. The van der Waals surface area contributed by atoms with Crippen molar-refractivity contribution < 1.29 is 27.2 Å². The van der Waals surface area contributed by atoms with Gasteiger partial charge in [-0.05, 0) is 75.6 Å². The van der Waals surface area contributed by atoms with Crippen molar-refractivity contribution in [2.24, 2.45) is 4.99 Å². The van der Waals surface area contributed by atoms with E-state index in [1.165, 1.54) is 11.0 Å². The molecule has 3 aliphatic rings. The molecule has 1 aromatic carbocycles. The lowest BCUT2D eigenvalue weighted by Crippen LogP contribution is -2.52. The van der Waals surface area contributed by atoms with Crippen LogP contribution in [-0.4, -0.2) is 66.9 Å². The number of urea groups is 1. The van der Waals surface area contributed by atoms with E-state index < -0.39 is 29.5 Å². The van der Waals surface area contributed by atoms with E-state index in [0.717, 1.165) is 24.6 Å². The number of amides is 3. The monoisotopic (exact) mass is 638 g/mol. The maximum Gasteiger partial charge on any atom is 0.411 e. The molecule has 2 aromatic heterocycles. The van der Waals surface area contributed by atoms with Gasteiger partial charge in [-0.15, -0.1) is 0 Å². The number of rotatable bonds is 7. The van der Waals surface area contributed by atoms with Crippen LogP contribution in [0.4, 0.5) is 28.2 Å². The van der Waals surface area contributed by atoms with Crippen LogP contribution in [0, 0.1) is 5.82 Å². The third-order valence-corrected chi connectivity index (χ3v) is 8.59. The smallest absolute Gasteiger partial charge is 0.330 e. The Bertz CT molecular complexity index is 1740. The van der Waals surface area contributed by atoms with Gasteiger partial charge >= 0.3 is 12.2 Å². The van der Waals surface area contributed by atoms with Crippen molar-refractivity contribution in [2.75, 3.05) is 12.4 Å². The lowest BCUT2D eigenvalue weighted by molar-refractivity contribution is -0.163. The second-order valence-corrected chi connectivity index (χ2v) is 12.1. The van der Waals surface area contributed by atoms with Gasteiger partial charge in [0, 0.05) is 25.6 Å². The van der Waals surface area contributed by atoms with Crippen LogP contribution in [0.5, 0.6) is 0 Å². The fourth-order valence-electron chi connectivity index (χ4n) is 5.77. The fraction of sp³-hybridized carbons (Fsp3) is 0.406. The zero-order valence-electron chi connectivity index (χ0n) is 25.7. The van der Waals surface area contributed by atoms with E-state index in [4.69, 9.17) is 0 Å². The molecule has 2 aliphatic carbocycles. The Labute approximate surface area is 263 Å². The molecule has 6 rings (SSSR count). The largest absolute Gasteiger partial charge is 0.411 e. The normalized spacial score (nSPS) is 17.1. The summed E-state index contributed by atoms with van der Waals surface area (Å²) in [4.78, 5) is 43.2. The van der Waals surface area contributed by atoms with Crippen molar-refractivity contribution >= 4 is 23.6 Å². The number of carbonyl (C=O) groups excluding carboxylic acids is 2. The molecule has 0 spiro atoms. The van der Waals surface area contributed by atoms with Gasteiger partial charge in [-0.3, -0.25) is 9.79 Å². The van der Waals surface area contributed by atoms with E-state index >= 15 is 4.39 Å². The molecule has 10 nitrogen and oxygen atoms in total. The van der Waals surface area contributed by atoms with E-state index in [1.807, 2.05) is 18.7 Å². The van der Waals surface area contributed by atoms with Crippen LogP contribution in [-0.2, 0) is 13.1 Å². The number of aromatic nitrogens is 3. The van der Waals surface area contributed by atoms with Crippen molar-refractivity contribution in [1.29, 1.82) is 0 Å². The van der Waals surface area contributed by atoms with Gasteiger partial charge in [-0.25, -0.2) is 19.2 Å². The molecular weight excluding hydrogens is 604 g/mol. The van der Waals surface area contributed by atoms with E-state index in [2.05, 4.69) is 32.2 Å². The number of anilines is 1. The lowest BCUT2D eigenvalue weighted by Gasteiger charge is -2.27. The van der Waals surface area contributed by atoms with Crippen LogP contribution in [0.1, 0.15) is 78.5 Å². The zero-order chi connectivity index (χ0) is 33.0. The van der Waals surface area contributed by atoms with Crippen LogP contribution in [0.3, 0.4) is 0 Å². The van der Waals surface area contributed by atoms with E-state index in [-0.39, 0.29) is 49.3 Å². The van der Waals surface area contributed by atoms with Gasteiger partial charge in [0.1, 0.15) is 22.9 Å². The second-order valence-electron chi connectivity index (χ2n) is 12.1. The number of aliphatic imine (C=N–C) groups is 1. The van der Waals surface area contributed by atoms with Gasteiger partial charge in [0.2, 0.25) is 0 Å². The molecule has 3 heterocycles. The average Bonchev–Trinajstić information content (AvgIpc) is 3.93. The number of pyridine rings is 1. The van der Waals surface area contributed by atoms with Crippen LogP contribution in [0.15, 0.2) is 54.4 Å². The Kier molecular flexibility index (Phi) is 7.85. The Morgan fingerprint density at radius 2 is 1.93 bits per heavy atom. The number of imidazole rings is 1. The maximum atomic E-state index is 15.6. The summed E-state index contributed by atoms with van der Waals surface area (Å²) in [5, 5.41) is 4.84. The number of benzene rings is 1. The van der Waals surface area contributed by atoms with E-state index in [1.54, 1.807) is 42.3 Å². The van der Waals surface area contributed by atoms with Crippen LogP contribution in [0.2, 0.25) is 0 Å². The molecule has 2 fully saturated rings. The van der Waals surface area contributed by atoms with Gasteiger partial charge < -0.3 is 25.0 Å². The van der Waals surface area contributed by atoms with Gasteiger partial charge in [-0.2, -0.15) is 13.2 Å². The first-order chi connectivity index (χ1) is 21.9. The van der Waals surface area contributed by atoms with Gasteiger partial charge in [0.25, 0.3) is 5.91 Å². The molecule has 0 atom stereocenters. The van der Waals surface area contributed by atoms with Crippen LogP contribution < -0.4 is 10.6 Å². The fourth-order valence-corrected chi connectivity index (χ4v) is 5.77. The highest BCUT2D eigenvalue weighted by atomic mass is 19.4. The Morgan fingerprint density at radius 3 is 2.54 bits per heavy atom. The topological polar surface area (TPSA) is 108 Å². The third kappa shape index (κ3) is 5.71. The Hall–Kier alpha value is -4.75. The summed E-state index contributed by atoms with van der Waals surface area (Å²) < 4.78 is 58.3. The number of hydrogen-bond acceptors (Lipinski definition) is 5. The molecule has 46 heavy (non-hydrogen) atoms. The SMILES string of the molecule is C=CN(/C(=N\C)c1cccc(NC(=O)c2cc3c(cc2F)CN(C(=O)NC2(C(F)(F)F)CC2)Cc2c(C4CC4)ncn2-3)n1)C(C)C. The number of alkyl halides is 3. The maximum absolute atomic E-state index is 15.6. The molecule has 0 radical (unpaired) electrons. The first kappa shape index (κ1) is 31.2. The summed E-state index contributed by atoms with van der Waals surface area (Å²) in [6, 6.07) is 6.67. The number of fused-ring (bicyclic) bond motifs is 3. The van der Waals surface area contributed by atoms with Crippen molar-refractivity contribution in [3.8, 4) is 5.69 Å². The predicted molar refractivity (Wildman–Crippen MR) is 163 cm³/mol. The minimum Gasteiger partial charge on any atom is -0.330 e. The summed E-state index contributed by atoms with van der Waals surface area (Å²) in [5.41, 5.74) is 0.0372. The predicted octanol–water partition coefficient (Wildman–Crippen LogP) is 5.89. The van der Waals surface area contributed by atoms with Gasteiger partial charge in [0.05, 0.1) is 35.5 Å². The molecule has 0 unspecified atom stereocenters. The molecule has 2 N–H and O–H groups in total. The van der Waals surface area contributed by atoms with E-state index in [0.29, 0.717) is 28.5 Å². The van der Waals surface area contributed by atoms with Crippen molar-refractivity contribution in [3.63, 3.8) is 0 Å². The number of amidine groups is 1. The van der Waals surface area contributed by atoms with E-state index in [9.17, 15) is 22.8 Å². The second kappa shape index (κ2) is 11.6. The summed E-state index contributed by atoms with van der Waals surface area (Å²) in [5.74, 6) is -0.743. The first-order valence-electron chi connectivity index (χ1n) is 15.0. The molecule has 3 amide bonds. The van der Waals surface area contributed by atoms with Gasteiger partial charge in [-0.1, -0.05) is 12.6 Å². The standard InChI is InChI=1S/C32H34F4N8O2/c1-5-43(18(2)3)28(37-4)23-7-6-8-26(39-23)40-29(45)21-14-24-20(13-22(21)33)15-42(30(46)41-31(11-12-31)32(34,35)36)16-25-27(19-9-10-19)38-17-44(24)25/h5-8,13-14,17-19H,1,9-12,15-16H2,2-4H3,(H,41,46)(H,39,40,45)/b37-28-. The van der Waals surface area contributed by atoms with Crippen molar-refractivity contribution in [2.45, 2.75) is 76.3 Å². The molecule has 1 aliphatic heterocycles. The van der Waals surface area contributed by atoms with Crippen molar-refractivity contribution in [3.05, 3.63) is 83.5 Å². The summed E-state index contributed by atoms with van der Waals surface area (Å²) in [6.45, 7) is 7.58. The number of carbonyl (C=O) groups is 2. The molecule has 0 saturated heterocycles. The summed E-state index contributed by atoms with van der Waals surface area (Å²) in [6.07, 6.45) is 0.0114. The number of hydrogen-bond donors (Lipinski definition) is 2. The highest BCUT2D eigenvalue weighted by Gasteiger charge is 2.64. The minimum absolute atomic E-state index is 0.0282. The van der Waals surface area contributed by atoms with Crippen LogP contribution >= 0.6 is 0 Å². The quantitative estimate of drug-likeness (QED) is 0.191. The zero-order valence-corrected chi connectivity index (χ0v) is 25.7. The number of nitrogens with zero attached hydrogens (tertiary/aromatic N) is 6.